The highest BCUT2D eigenvalue weighted by Crippen LogP contribution is 2.65. The Morgan fingerprint density at radius 2 is 0.717 bits per heavy atom. The van der Waals surface area contributed by atoms with Gasteiger partial charge in [0.1, 0.15) is 51.4 Å². The number of fused-ring (bicyclic) bond motifs is 1. The van der Waals surface area contributed by atoms with E-state index >= 15 is 0 Å². The van der Waals surface area contributed by atoms with E-state index in [-0.39, 0.29) is 123 Å². The van der Waals surface area contributed by atoms with Crippen LogP contribution in [0.15, 0.2) is 97.2 Å². The van der Waals surface area contributed by atoms with Gasteiger partial charge in [-0.3, -0.25) is 4.79 Å². The first-order chi connectivity index (χ1) is 65.4. The van der Waals surface area contributed by atoms with Crippen LogP contribution < -0.4 is 0 Å². The maximum atomic E-state index is 12.5. The van der Waals surface area contributed by atoms with Crippen molar-refractivity contribution < 1.29 is 95.3 Å². The molecule has 0 amide bonds. The Labute approximate surface area is 832 Å². The summed E-state index contributed by atoms with van der Waals surface area (Å²) in [5, 5.41) is 0. The molecule has 20 heteroatoms. The number of esters is 9. The summed E-state index contributed by atoms with van der Waals surface area (Å²) in [5.74, 6) is 8.41. The van der Waals surface area contributed by atoms with Crippen LogP contribution in [-0.2, 0) is 95.3 Å². The molecule has 2 aliphatic heterocycles. The normalized spacial score (nSPS) is 33.0. The second kappa shape index (κ2) is 50.5. The monoisotopic (exact) mass is 1920 g/mol. The molecule has 0 aromatic rings. The van der Waals surface area contributed by atoms with Gasteiger partial charge in [-0.2, -0.15) is 0 Å². The van der Waals surface area contributed by atoms with Gasteiger partial charge >= 0.3 is 53.7 Å². The fourth-order valence-electron chi connectivity index (χ4n) is 28.6. The maximum absolute atomic E-state index is 12.5. The smallest absolute Gasteiger partial charge is 0.333 e. The molecule has 0 N–H and O–H groups in total. The maximum Gasteiger partial charge on any atom is 0.333 e. The Hall–Kier alpha value is -6.93. The molecule has 0 aromatic heterocycles. The molecule has 20 fully saturated rings. The summed E-state index contributed by atoms with van der Waals surface area (Å²) in [6, 6.07) is 0. The van der Waals surface area contributed by atoms with E-state index in [4.69, 9.17) is 52.1 Å². The summed E-state index contributed by atoms with van der Waals surface area (Å²) in [5.41, 5.74) is 2.64. The molecule has 20 aliphatic rings. The molecule has 138 heavy (non-hydrogen) atoms. The molecular formula is C118H184O20. The molecule has 776 valence electrons. The van der Waals surface area contributed by atoms with E-state index < -0.39 is 0 Å². The van der Waals surface area contributed by atoms with Crippen LogP contribution in [0, 0.1) is 101 Å². The highest BCUT2D eigenvalue weighted by molar-refractivity contribution is 5.90. The molecular weight excluding hydrogens is 1740 g/mol. The fourth-order valence-corrected chi connectivity index (χ4v) is 28.6. The van der Waals surface area contributed by atoms with E-state index in [1.54, 1.807) is 55.4 Å². The number of unbranched alkanes of at least 4 members (excludes halogenated alkanes) is 2. The second-order valence-electron chi connectivity index (χ2n) is 47.0. The summed E-state index contributed by atoms with van der Waals surface area (Å²) in [6.45, 7) is 61.9. The third-order valence-electron chi connectivity index (χ3n) is 35.9. The minimum atomic E-state index is -0.378. The topological polar surface area (TPSA) is 255 Å². The van der Waals surface area contributed by atoms with Crippen molar-refractivity contribution in [3.63, 3.8) is 0 Å². The van der Waals surface area contributed by atoms with Crippen molar-refractivity contribution in [1.82, 2.24) is 0 Å². The van der Waals surface area contributed by atoms with Crippen LogP contribution in [-0.4, -0.2) is 125 Å². The zero-order chi connectivity index (χ0) is 101. The fraction of sp³-hybridized carbons (Fsp3) is 0.788. The molecule has 0 radical (unpaired) electrons. The van der Waals surface area contributed by atoms with Crippen molar-refractivity contribution >= 4 is 53.7 Å². The van der Waals surface area contributed by atoms with Crippen LogP contribution in [0.25, 0.3) is 0 Å². The molecule has 2 heterocycles. The molecule has 18 aliphatic carbocycles. The van der Waals surface area contributed by atoms with Gasteiger partial charge in [0.15, 0.2) is 6.29 Å². The lowest BCUT2D eigenvalue weighted by Gasteiger charge is -2.61. The number of hydrogen-bond donors (Lipinski definition) is 0. The molecule has 0 aromatic carbocycles. The number of hydrogen-bond acceptors (Lipinski definition) is 20. The molecule has 18 saturated carbocycles. The van der Waals surface area contributed by atoms with E-state index in [1.807, 2.05) is 0 Å². The number of carbonyl (C=O) groups excluding carboxylic acids is 9. The minimum absolute atomic E-state index is 0.00451. The van der Waals surface area contributed by atoms with E-state index in [0.717, 1.165) is 184 Å². The molecule has 6 unspecified atom stereocenters. The van der Waals surface area contributed by atoms with Gasteiger partial charge in [0.25, 0.3) is 0 Å². The summed E-state index contributed by atoms with van der Waals surface area (Å²) in [6.07, 6.45) is 54.8. The highest BCUT2D eigenvalue weighted by atomic mass is 16.7. The summed E-state index contributed by atoms with van der Waals surface area (Å²) in [7, 11) is 0. The Bertz CT molecular complexity index is 4140. The van der Waals surface area contributed by atoms with Crippen LogP contribution in [0.4, 0.5) is 0 Å². The molecule has 0 spiro atoms. The van der Waals surface area contributed by atoms with E-state index in [0.29, 0.717) is 97.8 Å². The van der Waals surface area contributed by atoms with Gasteiger partial charge < -0.3 is 52.1 Å². The van der Waals surface area contributed by atoms with Gasteiger partial charge in [-0.05, 0) is 421 Å². The quantitative estimate of drug-likeness (QED) is 0.0280. The lowest BCUT2D eigenvalue weighted by atomic mass is 9.47. The van der Waals surface area contributed by atoms with Gasteiger partial charge in [0.2, 0.25) is 0 Å². The number of rotatable bonds is 30. The van der Waals surface area contributed by atoms with Crippen LogP contribution in [0.5, 0.6) is 0 Å². The highest BCUT2D eigenvalue weighted by Gasteiger charge is 2.65. The first-order valence-corrected chi connectivity index (χ1v) is 54.9. The minimum Gasteiger partial charge on any atom is -0.458 e. The van der Waals surface area contributed by atoms with Gasteiger partial charge in [-0.15, -0.1) is 0 Å². The van der Waals surface area contributed by atoms with Gasteiger partial charge in [-0.1, -0.05) is 134 Å². The lowest BCUT2D eigenvalue weighted by Crippen LogP contribution is -2.62. The standard InChI is InChI=1S/C23H36O4.C17H26O2.C16H24O2.C14H24O2.C13H22O2.C12H14O4.C12H20O2.C11H18O2/c1-16(2)22(24)27-23(8-4-6-10-26-21-7-3-5-9-25-21)19-12-17-11-18(14-19)15-20(23)13-17;1-10(2)16(18)19-17(11(3)4)14-6-12-5-13(8-14)9-15(17)7-12;1-4-16(18-15(17)10(2)3)13-6-11-5-12(8-13)9-14(16)7-11;1-4-14(16-13(15)12(2)3)10-8-6-5-7-9-11-14;1-4-5-8-13(9-6-7-10-13)15-12(14)11(2)3;1-5(2)11(13)15-9-6-3-7-8(4-6)12(14)16-10(7)9;1-9(2)11(13)14-12(10(3)4)7-5-6-8-12;1-4-11(7-5-6-8-11)13-10(12)9(2)3/h17-21H,1,3-15H2,2H3;11-15H,1,5-9H2,2-4H3;11-14H,2,4-9H2,1,3H3;2,4-11H2,1,3H3;2,4-10H2,1,3H3;6-10H,1,3-4H2,2H3;10H,1,5-8H2,2-4H3;2,4-8H2,1,3H3. The van der Waals surface area contributed by atoms with Crippen LogP contribution in [0.1, 0.15) is 419 Å². The molecule has 2 saturated heterocycles. The van der Waals surface area contributed by atoms with Crippen molar-refractivity contribution in [2.24, 2.45) is 101 Å². The van der Waals surface area contributed by atoms with Crippen molar-refractivity contribution in [2.75, 3.05) is 13.2 Å². The van der Waals surface area contributed by atoms with Crippen LogP contribution in [0.3, 0.4) is 0 Å². The zero-order valence-corrected chi connectivity index (χ0v) is 88.7. The van der Waals surface area contributed by atoms with Crippen molar-refractivity contribution in [3.05, 3.63) is 97.2 Å². The Kier molecular flexibility index (Phi) is 41.4. The summed E-state index contributed by atoms with van der Waals surface area (Å²) in [4.78, 5) is 106. The average molecular weight is 1920 g/mol. The van der Waals surface area contributed by atoms with E-state index in [2.05, 4.69) is 108 Å². The number of carbonyl (C=O) groups is 9. The zero-order valence-electron chi connectivity index (χ0n) is 88.7. The molecule has 14 bridgehead atoms. The van der Waals surface area contributed by atoms with Gasteiger partial charge in [0.05, 0.1) is 5.92 Å². The first-order valence-electron chi connectivity index (χ1n) is 54.9. The van der Waals surface area contributed by atoms with Gasteiger partial charge in [0, 0.05) is 69.6 Å². The Balaban J connectivity index is 0.000000164. The summed E-state index contributed by atoms with van der Waals surface area (Å²) >= 11 is 0. The molecule has 20 nitrogen and oxygen atoms in total. The Morgan fingerprint density at radius 3 is 1.10 bits per heavy atom. The molecule has 20 rings (SSSR count). The second-order valence-corrected chi connectivity index (χ2v) is 47.0. The largest absolute Gasteiger partial charge is 0.458 e. The Morgan fingerprint density at radius 1 is 0.355 bits per heavy atom. The average Bonchev–Trinajstić information content (AvgIpc) is 1.46. The predicted octanol–water partition coefficient (Wildman–Crippen LogP) is 27.2. The van der Waals surface area contributed by atoms with Crippen molar-refractivity contribution in [1.29, 1.82) is 0 Å². The van der Waals surface area contributed by atoms with Crippen LogP contribution >= 0.6 is 0 Å². The molecule has 6 atom stereocenters. The van der Waals surface area contributed by atoms with Gasteiger partial charge in [-0.25, -0.2) is 38.4 Å². The third kappa shape index (κ3) is 28.2. The van der Waals surface area contributed by atoms with Crippen molar-refractivity contribution in [3.8, 4) is 0 Å². The predicted molar refractivity (Wildman–Crippen MR) is 542 cm³/mol. The summed E-state index contributed by atoms with van der Waals surface area (Å²) < 4.78 is 62.9. The number of ether oxygens (including phenoxy) is 11. The van der Waals surface area contributed by atoms with E-state index in [9.17, 15) is 43.2 Å². The first kappa shape index (κ1) is 113. The lowest BCUT2D eigenvalue weighted by molar-refractivity contribution is -0.221. The van der Waals surface area contributed by atoms with Crippen LogP contribution in [0.2, 0.25) is 0 Å². The van der Waals surface area contributed by atoms with E-state index in [1.165, 1.54) is 173 Å². The third-order valence-corrected chi connectivity index (χ3v) is 35.9. The SMILES string of the molecule is C=C(C)C(=O)OC1(C(C)C)C2CC3CC(C2)CC1C3.C=C(C)C(=O)OC1(C(C)C)CCCC1.C=C(C)C(=O)OC1(CC)C2CC3CC(C2)CC1C3.C=C(C)C(=O)OC1(CC)CCCC1.C=C(C)C(=O)OC1(CC)CCCCCCC1.C=C(C)C(=O)OC1(CCCC)CCCC1.C=C(C)C(=O)OC1(CCCCOC2CCCCO2)C2CC3CC(C2)CC1C3.C=C(C)C(=O)OC1C2CC3C(=O)OC1C3C2. The van der Waals surface area contributed by atoms with Crippen molar-refractivity contribution in [2.45, 2.75) is 477 Å².